The van der Waals surface area contributed by atoms with Gasteiger partial charge >= 0.3 is 0 Å². The Labute approximate surface area is 91.1 Å². The number of H-pyrrole nitrogens is 1. The first-order valence-corrected chi connectivity index (χ1v) is 4.91. The lowest BCUT2D eigenvalue weighted by Gasteiger charge is -2.05. The van der Waals surface area contributed by atoms with Crippen molar-refractivity contribution in [3.8, 4) is 0 Å². The molecule has 0 bridgehead atoms. The van der Waals surface area contributed by atoms with Crippen molar-refractivity contribution in [2.75, 3.05) is 0 Å². The fourth-order valence-corrected chi connectivity index (χ4v) is 1.54. The Morgan fingerprint density at radius 2 is 2.27 bits per heavy atom. The number of nitrogens with one attached hydrogen (secondary N) is 1. The number of benzene rings is 1. The topological polar surface area (TPSA) is 71.8 Å². The van der Waals surface area contributed by atoms with E-state index in [0.717, 1.165) is 0 Å². The molecule has 0 aliphatic rings. The number of nitrogens with zero attached hydrogens (tertiary/aromatic N) is 1. The number of hydrogen-bond acceptors (Lipinski definition) is 3. The highest BCUT2D eigenvalue weighted by atomic mass is 35.5. The van der Waals surface area contributed by atoms with E-state index in [1.165, 1.54) is 0 Å². The van der Waals surface area contributed by atoms with Gasteiger partial charge in [0.15, 0.2) is 0 Å². The van der Waals surface area contributed by atoms with E-state index in [2.05, 4.69) is 9.97 Å². The first kappa shape index (κ1) is 10.1. The maximum absolute atomic E-state index is 11.5. The van der Waals surface area contributed by atoms with E-state index in [9.17, 15) is 4.79 Å². The fourth-order valence-electron chi connectivity index (χ4n) is 1.38. The van der Waals surface area contributed by atoms with Crippen LogP contribution in [-0.2, 0) is 0 Å². The quantitative estimate of drug-likeness (QED) is 0.771. The molecule has 1 aromatic heterocycles. The average molecular weight is 224 g/mol. The lowest BCUT2D eigenvalue weighted by atomic mass is 10.2. The number of rotatable bonds is 1. The van der Waals surface area contributed by atoms with Crippen molar-refractivity contribution in [1.82, 2.24) is 9.97 Å². The number of nitrogens with two attached hydrogens (primary N) is 1. The molecule has 2 aromatic rings. The van der Waals surface area contributed by atoms with Crippen molar-refractivity contribution >= 4 is 22.6 Å². The molecule has 0 aliphatic carbocycles. The first-order valence-electron chi connectivity index (χ1n) is 4.53. The molecule has 4 nitrogen and oxygen atoms in total. The Morgan fingerprint density at radius 3 is 2.93 bits per heavy atom. The summed E-state index contributed by atoms with van der Waals surface area (Å²) in [6, 6.07) is 4.72. The smallest absolute Gasteiger partial charge is 0.271 e. The number of halogens is 1. The molecule has 1 atom stereocenters. The maximum Gasteiger partial charge on any atom is 0.271 e. The molecule has 0 aliphatic heterocycles. The van der Waals surface area contributed by atoms with E-state index in [0.29, 0.717) is 21.7 Å². The fraction of sp³-hybridized carbons (Fsp3) is 0.200. The van der Waals surface area contributed by atoms with Crippen LogP contribution in [0.15, 0.2) is 23.0 Å². The minimum Gasteiger partial charge on any atom is -0.323 e. The third kappa shape index (κ3) is 1.86. The van der Waals surface area contributed by atoms with Crippen molar-refractivity contribution in [2.45, 2.75) is 13.0 Å². The maximum atomic E-state index is 11.5. The summed E-state index contributed by atoms with van der Waals surface area (Å²) in [7, 11) is 0. The van der Waals surface area contributed by atoms with Gasteiger partial charge in [0.1, 0.15) is 5.69 Å². The number of hydrogen-bond donors (Lipinski definition) is 2. The summed E-state index contributed by atoms with van der Waals surface area (Å²) in [4.78, 5) is 18.4. The van der Waals surface area contributed by atoms with Crippen LogP contribution in [0.5, 0.6) is 0 Å². The molecule has 0 fully saturated rings. The largest absolute Gasteiger partial charge is 0.323 e. The van der Waals surface area contributed by atoms with Gasteiger partial charge in [-0.05, 0) is 25.1 Å². The summed E-state index contributed by atoms with van der Waals surface area (Å²) in [5.74, 6) is 0. The Hall–Kier alpha value is -1.39. The molecule has 2 rings (SSSR count). The van der Waals surface area contributed by atoms with Gasteiger partial charge in [0.25, 0.3) is 5.56 Å². The minimum atomic E-state index is -0.392. The number of aromatic amines is 1. The molecule has 1 aromatic carbocycles. The van der Waals surface area contributed by atoms with Gasteiger partial charge in [-0.1, -0.05) is 11.6 Å². The molecule has 1 heterocycles. The van der Waals surface area contributed by atoms with Crippen LogP contribution in [0.25, 0.3) is 11.0 Å². The lowest BCUT2D eigenvalue weighted by molar-refractivity contribution is 0.768. The SMILES string of the molecule is CC(N)c1nc2cc(Cl)ccc2[nH]c1=O. The van der Waals surface area contributed by atoms with Gasteiger partial charge in [-0.15, -0.1) is 0 Å². The van der Waals surface area contributed by atoms with Gasteiger partial charge in [-0.25, -0.2) is 4.98 Å². The second-order valence-electron chi connectivity index (χ2n) is 3.40. The Balaban J connectivity index is 2.77. The van der Waals surface area contributed by atoms with Crippen molar-refractivity contribution in [3.63, 3.8) is 0 Å². The molecule has 0 saturated carbocycles. The predicted molar refractivity (Wildman–Crippen MR) is 60.0 cm³/mol. The summed E-state index contributed by atoms with van der Waals surface area (Å²) in [5, 5.41) is 0.581. The molecule has 78 valence electrons. The molecule has 0 saturated heterocycles. The van der Waals surface area contributed by atoms with Crippen LogP contribution >= 0.6 is 11.6 Å². The van der Waals surface area contributed by atoms with E-state index in [1.807, 2.05) is 0 Å². The van der Waals surface area contributed by atoms with Crippen LogP contribution in [0.1, 0.15) is 18.7 Å². The van der Waals surface area contributed by atoms with Crippen molar-refractivity contribution < 1.29 is 0 Å². The Kier molecular flexibility index (Phi) is 2.46. The van der Waals surface area contributed by atoms with Crippen molar-refractivity contribution in [3.05, 3.63) is 39.3 Å². The molecule has 1 unspecified atom stereocenters. The molecule has 0 amide bonds. The number of aromatic nitrogens is 2. The summed E-state index contributed by atoms with van der Waals surface area (Å²) >= 11 is 5.83. The zero-order chi connectivity index (χ0) is 11.0. The van der Waals surface area contributed by atoms with Crippen LogP contribution in [0.2, 0.25) is 5.02 Å². The zero-order valence-electron chi connectivity index (χ0n) is 8.12. The molecular weight excluding hydrogens is 214 g/mol. The van der Waals surface area contributed by atoms with E-state index < -0.39 is 6.04 Å². The Morgan fingerprint density at radius 1 is 1.53 bits per heavy atom. The summed E-state index contributed by atoms with van der Waals surface area (Å²) < 4.78 is 0. The lowest BCUT2D eigenvalue weighted by Crippen LogP contribution is -2.21. The van der Waals surface area contributed by atoms with Gasteiger partial charge in [0.2, 0.25) is 0 Å². The Bertz CT molecular complexity index is 562. The monoisotopic (exact) mass is 223 g/mol. The van der Waals surface area contributed by atoms with Crippen LogP contribution in [-0.4, -0.2) is 9.97 Å². The van der Waals surface area contributed by atoms with Crippen molar-refractivity contribution in [2.24, 2.45) is 5.73 Å². The van der Waals surface area contributed by atoms with Crippen molar-refractivity contribution in [1.29, 1.82) is 0 Å². The third-order valence-electron chi connectivity index (χ3n) is 2.11. The standard InChI is InChI=1S/C10H10ClN3O/c1-5(12)9-10(15)14-7-3-2-6(11)4-8(7)13-9/h2-5H,12H2,1H3,(H,14,15). The minimum absolute atomic E-state index is 0.250. The van der Waals surface area contributed by atoms with Crippen LogP contribution in [0.4, 0.5) is 0 Å². The van der Waals surface area contributed by atoms with Gasteiger partial charge in [-0.3, -0.25) is 4.79 Å². The van der Waals surface area contributed by atoms with E-state index in [1.54, 1.807) is 25.1 Å². The van der Waals surface area contributed by atoms with Gasteiger partial charge in [0.05, 0.1) is 11.0 Å². The van der Waals surface area contributed by atoms with Gasteiger partial charge in [0, 0.05) is 11.1 Å². The second kappa shape index (κ2) is 3.64. The second-order valence-corrected chi connectivity index (χ2v) is 3.84. The summed E-state index contributed by atoms with van der Waals surface area (Å²) in [6.07, 6.45) is 0. The highest BCUT2D eigenvalue weighted by Crippen LogP contribution is 2.15. The van der Waals surface area contributed by atoms with Crippen LogP contribution < -0.4 is 11.3 Å². The average Bonchev–Trinajstić information content (AvgIpc) is 2.17. The third-order valence-corrected chi connectivity index (χ3v) is 2.35. The molecule has 0 spiro atoms. The van der Waals surface area contributed by atoms with Crippen LogP contribution in [0, 0.1) is 0 Å². The molecular formula is C10H10ClN3O. The van der Waals surface area contributed by atoms with E-state index >= 15 is 0 Å². The van der Waals surface area contributed by atoms with Gasteiger partial charge in [-0.2, -0.15) is 0 Å². The molecule has 0 radical (unpaired) electrons. The molecule has 3 N–H and O–H groups in total. The highest BCUT2D eigenvalue weighted by molar-refractivity contribution is 6.31. The van der Waals surface area contributed by atoms with E-state index in [-0.39, 0.29) is 5.56 Å². The van der Waals surface area contributed by atoms with E-state index in [4.69, 9.17) is 17.3 Å². The predicted octanol–water partition coefficient (Wildman–Crippen LogP) is 1.60. The summed E-state index contributed by atoms with van der Waals surface area (Å²) in [6.45, 7) is 1.72. The first-order chi connectivity index (χ1) is 7.08. The summed E-state index contributed by atoms with van der Waals surface area (Å²) in [5.41, 5.74) is 7.01. The zero-order valence-corrected chi connectivity index (χ0v) is 8.88. The highest BCUT2D eigenvalue weighted by Gasteiger charge is 2.08. The normalized spacial score (nSPS) is 13.0. The molecule has 15 heavy (non-hydrogen) atoms. The van der Waals surface area contributed by atoms with Crippen LogP contribution in [0.3, 0.4) is 0 Å². The molecule has 5 heteroatoms. The van der Waals surface area contributed by atoms with Gasteiger partial charge < -0.3 is 10.7 Å². The number of fused-ring (bicyclic) bond motifs is 1.